The van der Waals surface area contributed by atoms with Crippen molar-refractivity contribution in [2.24, 2.45) is 0 Å². The first-order valence-corrected chi connectivity index (χ1v) is 9.19. The van der Waals surface area contributed by atoms with E-state index in [-0.39, 0.29) is 24.2 Å². The molecule has 0 unspecified atom stereocenters. The van der Waals surface area contributed by atoms with Gasteiger partial charge in [0.1, 0.15) is 18.1 Å². The maximum absolute atomic E-state index is 14.8. The van der Waals surface area contributed by atoms with Gasteiger partial charge >= 0.3 is 0 Å². The van der Waals surface area contributed by atoms with Crippen molar-refractivity contribution in [3.8, 4) is 22.7 Å². The molecule has 4 atom stereocenters. The maximum atomic E-state index is 14.8. The second-order valence-corrected chi connectivity index (χ2v) is 7.10. The number of benzene rings is 1. The van der Waals surface area contributed by atoms with Gasteiger partial charge in [0.2, 0.25) is 0 Å². The SMILES string of the molecule is [2H][C@]12C/C(=C\c3cnc(-c4ccc(-n5ccnc5)cc4O)cn3)[C@H](F)[C@]([2H])(C[C@H]1F)N2. The van der Waals surface area contributed by atoms with Crippen molar-refractivity contribution in [3.63, 3.8) is 0 Å². The normalized spacial score (nSPS) is 33.5. The van der Waals surface area contributed by atoms with E-state index in [0.717, 1.165) is 5.69 Å². The highest BCUT2D eigenvalue weighted by atomic mass is 19.1. The summed E-state index contributed by atoms with van der Waals surface area (Å²) in [6.45, 7) is 0. The van der Waals surface area contributed by atoms with Crippen LogP contribution < -0.4 is 5.32 Å². The van der Waals surface area contributed by atoms with Crippen LogP contribution in [0.15, 0.2) is 54.9 Å². The number of nitrogens with zero attached hydrogens (tertiary/aromatic N) is 4. The molecule has 8 heteroatoms. The van der Waals surface area contributed by atoms with Gasteiger partial charge in [-0.1, -0.05) is 0 Å². The fourth-order valence-corrected chi connectivity index (χ4v) is 3.68. The van der Waals surface area contributed by atoms with Crippen molar-refractivity contribution >= 4 is 6.08 Å². The number of fused-ring (bicyclic) bond motifs is 2. The fourth-order valence-electron chi connectivity index (χ4n) is 3.68. The number of aromatic hydroxyl groups is 1. The highest BCUT2D eigenvalue weighted by Crippen LogP contribution is 2.35. The third-order valence-corrected chi connectivity index (χ3v) is 5.19. The molecule has 2 bridgehead atoms. The lowest BCUT2D eigenvalue weighted by Gasteiger charge is -2.27. The van der Waals surface area contributed by atoms with Crippen LogP contribution in [0.5, 0.6) is 5.75 Å². The zero-order chi connectivity index (χ0) is 21.8. The second kappa shape index (κ2) is 7.04. The van der Waals surface area contributed by atoms with Gasteiger partial charge in [0, 0.05) is 37.4 Å². The summed E-state index contributed by atoms with van der Waals surface area (Å²) in [7, 11) is 0. The number of aromatic nitrogens is 4. The van der Waals surface area contributed by atoms with Crippen molar-refractivity contribution in [2.45, 2.75) is 37.2 Å². The van der Waals surface area contributed by atoms with Crippen molar-refractivity contribution in [1.29, 1.82) is 0 Å². The molecule has 148 valence electrons. The predicted molar refractivity (Wildman–Crippen MR) is 104 cm³/mol. The first-order chi connectivity index (χ1) is 14.8. The number of imidazole rings is 1. The topological polar surface area (TPSA) is 75.9 Å². The minimum atomic E-state index is -1.85. The summed E-state index contributed by atoms with van der Waals surface area (Å²) >= 11 is 0. The summed E-state index contributed by atoms with van der Waals surface area (Å²) in [4.78, 5) is 12.5. The van der Waals surface area contributed by atoms with Crippen molar-refractivity contribution in [1.82, 2.24) is 24.8 Å². The molecule has 0 spiro atoms. The van der Waals surface area contributed by atoms with Crippen LogP contribution in [-0.4, -0.2) is 49.0 Å². The molecule has 2 N–H and O–H groups in total. The van der Waals surface area contributed by atoms with E-state index in [0.29, 0.717) is 17.0 Å². The highest BCUT2D eigenvalue weighted by Gasteiger charge is 2.44. The van der Waals surface area contributed by atoms with E-state index in [1.54, 1.807) is 35.4 Å². The number of rotatable bonds is 3. The molecule has 29 heavy (non-hydrogen) atoms. The molecule has 0 amide bonds. The van der Waals surface area contributed by atoms with E-state index in [4.69, 9.17) is 2.74 Å². The van der Waals surface area contributed by atoms with Crippen LogP contribution in [0.4, 0.5) is 8.78 Å². The van der Waals surface area contributed by atoms with Gasteiger partial charge < -0.3 is 15.0 Å². The Hall–Kier alpha value is -3.13. The Morgan fingerprint density at radius 1 is 1.24 bits per heavy atom. The Morgan fingerprint density at radius 3 is 2.86 bits per heavy atom. The van der Waals surface area contributed by atoms with Crippen LogP contribution in [0.1, 0.15) is 21.3 Å². The van der Waals surface area contributed by atoms with Gasteiger partial charge in [0.25, 0.3) is 0 Å². The van der Waals surface area contributed by atoms with Crippen LogP contribution in [-0.2, 0) is 0 Å². The van der Waals surface area contributed by atoms with Gasteiger partial charge in [-0.15, -0.1) is 0 Å². The molecule has 2 fully saturated rings. The first kappa shape index (κ1) is 15.8. The Labute approximate surface area is 168 Å². The lowest BCUT2D eigenvalue weighted by molar-refractivity contribution is 0.265. The van der Waals surface area contributed by atoms with Crippen molar-refractivity contribution < 1.29 is 16.6 Å². The molecular weight excluding hydrogens is 376 g/mol. The quantitative estimate of drug-likeness (QED) is 0.710. The van der Waals surface area contributed by atoms with E-state index in [1.807, 2.05) is 6.07 Å². The van der Waals surface area contributed by atoms with E-state index < -0.39 is 24.4 Å². The lowest BCUT2D eigenvalue weighted by Crippen LogP contribution is -2.43. The molecule has 2 saturated heterocycles. The largest absolute Gasteiger partial charge is 0.507 e. The average Bonchev–Trinajstić information content (AvgIpc) is 3.33. The maximum Gasteiger partial charge on any atom is 0.137 e. The average molecular weight is 397 g/mol. The monoisotopic (exact) mass is 397 g/mol. The molecule has 2 aromatic heterocycles. The summed E-state index contributed by atoms with van der Waals surface area (Å²) in [6, 6.07) is 1.56. The Bertz CT molecular complexity index is 1160. The van der Waals surface area contributed by atoms with Gasteiger partial charge in [0.05, 0.1) is 37.2 Å². The predicted octanol–water partition coefficient (Wildman–Crippen LogP) is 3.23. The van der Waals surface area contributed by atoms with Crippen LogP contribution >= 0.6 is 0 Å². The van der Waals surface area contributed by atoms with E-state index in [9.17, 15) is 13.9 Å². The minimum Gasteiger partial charge on any atom is -0.507 e. The van der Waals surface area contributed by atoms with Crippen LogP contribution in [0.25, 0.3) is 23.0 Å². The zero-order valence-corrected chi connectivity index (χ0v) is 15.3. The molecule has 0 saturated carbocycles. The molecule has 6 nitrogen and oxygen atoms in total. The van der Waals surface area contributed by atoms with Gasteiger partial charge in [-0.05, 0) is 36.6 Å². The Morgan fingerprint density at radius 2 is 2.14 bits per heavy atom. The first-order valence-electron chi connectivity index (χ1n) is 10.2. The Kier molecular flexibility index (Phi) is 3.82. The number of phenols is 1. The third kappa shape index (κ3) is 3.29. The standard InChI is InChI=1S/C21H19F2N5O/c22-16-8-18-21(23)12(6-17(16)27-18)5-13-9-26-19(10-25-13)15-2-1-14(7-20(15)29)28-4-3-24-11-28/h1-5,7,9-11,16-18,21,27,29H,6,8H2/b12-5+/t16-,17+,18+,21+/m1/s1/i17D,18D. The molecule has 1 aromatic carbocycles. The molecule has 5 rings (SSSR count). The third-order valence-electron chi connectivity index (χ3n) is 5.19. The van der Waals surface area contributed by atoms with Crippen LogP contribution in [0, 0.1) is 0 Å². The molecule has 3 aromatic rings. The zero-order valence-electron chi connectivity index (χ0n) is 17.3. The lowest BCUT2D eigenvalue weighted by atomic mass is 9.96. The van der Waals surface area contributed by atoms with E-state index in [2.05, 4.69) is 20.3 Å². The molecule has 4 heterocycles. The fraction of sp³-hybridized carbons (Fsp3) is 0.286. The molecule has 0 aliphatic carbocycles. The number of hydrogen-bond acceptors (Lipinski definition) is 5. The van der Waals surface area contributed by atoms with Crippen molar-refractivity contribution in [2.75, 3.05) is 0 Å². The van der Waals surface area contributed by atoms with Crippen LogP contribution in [0.3, 0.4) is 0 Å². The van der Waals surface area contributed by atoms with Gasteiger partial charge in [0.15, 0.2) is 0 Å². The van der Waals surface area contributed by atoms with Crippen molar-refractivity contribution in [3.05, 3.63) is 60.6 Å². The summed E-state index contributed by atoms with van der Waals surface area (Å²) < 4.78 is 47.1. The van der Waals surface area contributed by atoms with Crippen LogP contribution in [0.2, 0.25) is 0 Å². The smallest absolute Gasteiger partial charge is 0.137 e. The number of piperidine rings is 1. The molecular formula is C21H19F2N5O. The second-order valence-electron chi connectivity index (χ2n) is 7.10. The molecule has 2 aliphatic rings. The summed E-state index contributed by atoms with van der Waals surface area (Å²) in [5.41, 5.74) is 2.13. The summed E-state index contributed by atoms with van der Waals surface area (Å²) in [5, 5.41) is 12.9. The number of alkyl halides is 2. The summed E-state index contributed by atoms with van der Waals surface area (Å²) in [6.07, 6.45) is 5.42. The highest BCUT2D eigenvalue weighted by molar-refractivity contribution is 5.68. The van der Waals surface area contributed by atoms with E-state index in [1.165, 1.54) is 18.5 Å². The number of nitrogens with one attached hydrogen (secondary N) is 1. The number of hydrogen-bond donors (Lipinski definition) is 2. The van der Waals surface area contributed by atoms with Gasteiger partial charge in [-0.25, -0.2) is 13.8 Å². The van der Waals surface area contributed by atoms with E-state index >= 15 is 0 Å². The van der Waals surface area contributed by atoms with Gasteiger partial charge in [-0.2, -0.15) is 0 Å². The summed E-state index contributed by atoms with van der Waals surface area (Å²) in [5.74, 6) is 0.0200. The molecule has 0 radical (unpaired) electrons. The number of phenolic OH excluding ortho intramolecular Hbond substituents is 1. The molecule has 2 aliphatic heterocycles. The minimum absolute atomic E-state index is 0.0200. The Balaban J connectivity index is 1.41. The number of halogens is 2. The van der Waals surface area contributed by atoms with Gasteiger partial charge in [-0.3, -0.25) is 9.97 Å².